The van der Waals surface area contributed by atoms with Gasteiger partial charge in [0.2, 0.25) is 21.8 Å². The molecule has 0 bridgehead atoms. The first-order valence-corrected chi connectivity index (χ1v) is 17.6. The van der Waals surface area contributed by atoms with Gasteiger partial charge in [0.05, 0.1) is 11.9 Å². The third-order valence-electron chi connectivity index (χ3n) is 7.96. The molecule has 234 valence electrons. The summed E-state index contributed by atoms with van der Waals surface area (Å²) in [6.45, 7) is 0.365. The number of benzene rings is 3. The highest BCUT2D eigenvalue weighted by molar-refractivity contribution is 9.10. The molecule has 9 nitrogen and oxygen atoms in total. The predicted octanol–water partition coefficient (Wildman–Crippen LogP) is 5.08. The fraction of sp³-hybridized carbons (Fsp3) is 0.394. The van der Waals surface area contributed by atoms with Crippen LogP contribution in [0.3, 0.4) is 0 Å². The second-order valence-electron chi connectivity index (χ2n) is 11.3. The van der Waals surface area contributed by atoms with Crippen molar-refractivity contribution in [3.63, 3.8) is 0 Å². The third kappa shape index (κ3) is 8.32. The molecule has 2 aliphatic rings. The smallest absolute Gasteiger partial charge is 0.244 e. The van der Waals surface area contributed by atoms with Gasteiger partial charge in [-0.25, -0.2) is 8.42 Å². The van der Waals surface area contributed by atoms with E-state index in [2.05, 4.69) is 21.2 Å². The maximum absolute atomic E-state index is 14.4. The van der Waals surface area contributed by atoms with Gasteiger partial charge in [0.1, 0.15) is 25.8 Å². The Morgan fingerprint density at radius 2 is 1.61 bits per heavy atom. The summed E-state index contributed by atoms with van der Waals surface area (Å²) >= 11 is 3.51. The highest BCUT2D eigenvalue weighted by Gasteiger charge is 2.34. The van der Waals surface area contributed by atoms with Crippen molar-refractivity contribution < 1.29 is 27.5 Å². The number of fused-ring (bicyclic) bond motifs is 1. The largest absolute Gasteiger partial charge is 0.486 e. The third-order valence-corrected chi connectivity index (χ3v) is 9.59. The molecule has 0 saturated heterocycles. The Labute approximate surface area is 267 Å². The van der Waals surface area contributed by atoms with E-state index >= 15 is 0 Å². The van der Waals surface area contributed by atoms with E-state index in [1.807, 2.05) is 54.6 Å². The van der Waals surface area contributed by atoms with Crippen LogP contribution in [0.2, 0.25) is 0 Å². The Balaban J connectivity index is 1.50. The molecule has 2 amide bonds. The van der Waals surface area contributed by atoms with E-state index in [4.69, 9.17) is 9.47 Å². The first-order valence-electron chi connectivity index (χ1n) is 14.9. The number of carbonyl (C=O) groups excluding carboxylic acids is 2. The minimum atomic E-state index is -3.90. The van der Waals surface area contributed by atoms with Crippen molar-refractivity contribution in [1.29, 1.82) is 0 Å². The molecule has 1 aliphatic heterocycles. The van der Waals surface area contributed by atoms with Crippen LogP contribution in [0, 0.1) is 0 Å². The molecule has 0 spiro atoms. The van der Waals surface area contributed by atoms with Gasteiger partial charge in [-0.3, -0.25) is 13.9 Å². The minimum Gasteiger partial charge on any atom is -0.486 e. The van der Waals surface area contributed by atoms with Gasteiger partial charge in [-0.05, 0) is 48.2 Å². The zero-order valence-electron chi connectivity index (χ0n) is 24.8. The molecule has 1 fully saturated rings. The second-order valence-corrected chi connectivity index (χ2v) is 14.1. The number of hydrogen-bond donors (Lipinski definition) is 1. The van der Waals surface area contributed by atoms with Crippen LogP contribution in [-0.4, -0.2) is 63.2 Å². The van der Waals surface area contributed by atoms with Crippen LogP contribution in [0.4, 0.5) is 5.69 Å². The number of rotatable bonds is 11. The molecule has 1 atom stereocenters. The van der Waals surface area contributed by atoms with E-state index < -0.39 is 28.5 Å². The van der Waals surface area contributed by atoms with Gasteiger partial charge >= 0.3 is 0 Å². The van der Waals surface area contributed by atoms with E-state index in [1.165, 1.54) is 4.90 Å². The van der Waals surface area contributed by atoms with Crippen molar-refractivity contribution in [1.82, 2.24) is 10.2 Å². The van der Waals surface area contributed by atoms with E-state index in [9.17, 15) is 18.0 Å². The van der Waals surface area contributed by atoms with Gasteiger partial charge < -0.3 is 19.7 Å². The molecule has 1 saturated carbocycles. The predicted molar refractivity (Wildman–Crippen MR) is 173 cm³/mol. The molecule has 1 aliphatic carbocycles. The Hall–Kier alpha value is -3.57. The summed E-state index contributed by atoms with van der Waals surface area (Å²) in [5, 5.41) is 3.22. The molecule has 1 heterocycles. The summed E-state index contributed by atoms with van der Waals surface area (Å²) in [5.41, 5.74) is 1.98. The molecule has 11 heteroatoms. The van der Waals surface area contributed by atoms with Crippen LogP contribution in [0.1, 0.15) is 43.2 Å². The summed E-state index contributed by atoms with van der Waals surface area (Å²) < 4.78 is 39.4. The fourth-order valence-electron chi connectivity index (χ4n) is 5.73. The standard InChI is InChI=1S/C33H38BrN3O6S/c1-44(40,41)37(28-15-16-30-31(21-28)43-18-17-42-30)23-32(38)36(22-25-11-8-12-26(34)19-25)29(20-24-9-4-2-5-10-24)33(39)35-27-13-6-3-7-14-27/h2,4-5,8-12,15-16,19,21,27,29H,3,6-7,13-14,17-18,20,22-23H2,1H3,(H,35,39). The summed E-state index contributed by atoms with van der Waals surface area (Å²) in [5.74, 6) is 0.187. The number of sulfonamides is 1. The van der Waals surface area contributed by atoms with Gasteiger partial charge in [0.25, 0.3) is 0 Å². The number of ether oxygens (including phenoxy) is 2. The lowest BCUT2D eigenvalue weighted by Gasteiger charge is -2.35. The van der Waals surface area contributed by atoms with Crippen molar-refractivity contribution in [3.05, 3.63) is 88.4 Å². The van der Waals surface area contributed by atoms with E-state index in [0.29, 0.717) is 24.7 Å². The van der Waals surface area contributed by atoms with Crippen LogP contribution in [0.5, 0.6) is 11.5 Å². The van der Waals surface area contributed by atoms with E-state index in [0.717, 1.165) is 58.3 Å². The molecule has 44 heavy (non-hydrogen) atoms. The van der Waals surface area contributed by atoms with Crippen LogP contribution in [0.25, 0.3) is 0 Å². The van der Waals surface area contributed by atoms with Crippen LogP contribution in [-0.2, 0) is 32.6 Å². The fourth-order valence-corrected chi connectivity index (χ4v) is 7.02. The molecule has 1 N–H and O–H groups in total. The van der Waals surface area contributed by atoms with Crippen molar-refractivity contribution in [3.8, 4) is 11.5 Å². The zero-order valence-corrected chi connectivity index (χ0v) is 27.2. The highest BCUT2D eigenvalue weighted by atomic mass is 79.9. The molecular formula is C33H38BrN3O6S. The summed E-state index contributed by atoms with van der Waals surface area (Å²) in [4.78, 5) is 29.9. The number of halogens is 1. The topological polar surface area (TPSA) is 105 Å². The first kappa shape index (κ1) is 31.8. The molecule has 0 radical (unpaired) electrons. The van der Waals surface area contributed by atoms with Gasteiger partial charge in [-0.2, -0.15) is 0 Å². The molecule has 3 aromatic carbocycles. The highest BCUT2D eigenvalue weighted by Crippen LogP contribution is 2.35. The lowest BCUT2D eigenvalue weighted by Crippen LogP contribution is -2.55. The number of anilines is 1. The van der Waals surface area contributed by atoms with Gasteiger partial charge in [0, 0.05) is 29.5 Å². The van der Waals surface area contributed by atoms with Crippen molar-refractivity contribution in [2.75, 3.05) is 30.3 Å². The molecule has 1 unspecified atom stereocenters. The minimum absolute atomic E-state index is 0.0441. The summed E-state index contributed by atoms with van der Waals surface area (Å²) in [7, 11) is -3.90. The molecular weight excluding hydrogens is 646 g/mol. The molecule has 5 rings (SSSR count). The van der Waals surface area contributed by atoms with Gasteiger partial charge in [-0.1, -0.05) is 77.7 Å². The maximum Gasteiger partial charge on any atom is 0.244 e. The van der Waals surface area contributed by atoms with Crippen molar-refractivity contribution in [2.24, 2.45) is 0 Å². The average molecular weight is 685 g/mol. The van der Waals surface area contributed by atoms with Crippen LogP contribution >= 0.6 is 15.9 Å². The molecule has 0 aromatic heterocycles. The van der Waals surface area contributed by atoms with Crippen molar-refractivity contribution >= 4 is 43.5 Å². The average Bonchev–Trinajstić information content (AvgIpc) is 3.01. The quantitative estimate of drug-likeness (QED) is 0.303. The van der Waals surface area contributed by atoms with Crippen LogP contribution < -0.4 is 19.1 Å². The maximum atomic E-state index is 14.4. The van der Waals surface area contributed by atoms with Crippen LogP contribution in [0.15, 0.2) is 77.3 Å². The van der Waals surface area contributed by atoms with E-state index in [-0.39, 0.29) is 30.6 Å². The Morgan fingerprint density at radius 1 is 0.909 bits per heavy atom. The number of nitrogens with one attached hydrogen (secondary N) is 1. The SMILES string of the molecule is CS(=O)(=O)N(CC(=O)N(Cc1cccc(Br)c1)C(Cc1ccccc1)C(=O)NC1CCCCC1)c1ccc2c(c1)OCCO2. The zero-order chi connectivity index (χ0) is 31.1. The Bertz CT molecular complexity index is 1560. The van der Waals surface area contributed by atoms with Gasteiger partial charge in [-0.15, -0.1) is 0 Å². The van der Waals surface area contributed by atoms with E-state index in [1.54, 1.807) is 18.2 Å². The number of hydrogen-bond acceptors (Lipinski definition) is 6. The van der Waals surface area contributed by atoms with Crippen molar-refractivity contribution in [2.45, 2.75) is 57.2 Å². The number of nitrogens with zero attached hydrogens (tertiary/aromatic N) is 2. The van der Waals surface area contributed by atoms with Gasteiger partial charge in [0.15, 0.2) is 11.5 Å². The first-order chi connectivity index (χ1) is 21.2. The lowest BCUT2D eigenvalue weighted by atomic mass is 9.94. The Kier molecular flexibility index (Phi) is 10.5. The summed E-state index contributed by atoms with van der Waals surface area (Å²) in [6, 6.07) is 21.1. The molecule has 3 aromatic rings. The Morgan fingerprint density at radius 3 is 2.32 bits per heavy atom. The summed E-state index contributed by atoms with van der Waals surface area (Å²) in [6.07, 6.45) is 6.38. The lowest BCUT2D eigenvalue weighted by molar-refractivity contribution is -0.140. The number of carbonyl (C=O) groups is 2. The number of amides is 2. The monoisotopic (exact) mass is 683 g/mol. The second kappa shape index (κ2) is 14.5. The normalized spacial score (nSPS) is 15.7.